The van der Waals surface area contributed by atoms with Crippen LogP contribution < -0.4 is 0 Å². The summed E-state index contributed by atoms with van der Waals surface area (Å²) in [5, 5.41) is 19.3. The summed E-state index contributed by atoms with van der Waals surface area (Å²) in [6.07, 6.45) is 35.8. The summed E-state index contributed by atoms with van der Waals surface area (Å²) < 4.78 is 0. The first-order valence-electron chi connectivity index (χ1n) is 30.0. The van der Waals surface area contributed by atoms with Crippen LogP contribution in [0, 0.1) is 22.7 Å². The number of nitrogens with zero attached hydrogens (tertiary/aromatic N) is 2. The lowest BCUT2D eigenvalue weighted by Gasteiger charge is -2.34. The van der Waals surface area contributed by atoms with Crippen molar-refractivity contribution in [2.75, 3.05) is 0 Å². The van der Waals surface area contributed by atoms with Crippen molar-refractivity contribution in [2.24, 2.45) is 0 Å². The zero-order chi connectivity index (χ0) is 51.6. The van der Waals surface area contributed by atoms with E-state index in [2.05, 4.69) is 137 Å². The molecule has 0 saturated heterocycles. The topological polar surface area (TPSA) is 47.6 Å². The summed E-state index contributed by atoms with van der Waals surface area (Å²) in [5.74, 6) is 0. The highest BCUT2D eigenvalue weighted by Crippen LogP contribution is 2.58. The summed E-state index contributed by atoms with van der Waals surface area (Å²) in [6, 6.07) is 51.0. The van der Waals surface area contributed by atoms with E-state index in [1.165, 1.54) is 247 Å². The number of unbranched alkanes of at least 4 members (excludes halogenated alkanes) is 20. The van der Waals surface area contributed by atoms with Gasteiger partial charge in [-0.2, -0.15) is 10.5 Å². The molecule has 6 aromatic carbocycles. The number of hydrogen-bond acceptors (Lipinski definition) is 2. The Bertz CT molecular complexity index is 2580. The van der Waals surface area contributed by atoms with Crippen LogP contribution in [0.4, 0.5) is 0 Å². The van der Waals surface area contributed by atoms with Gasteiger partial charge in [0.15, 0.2) is 0 Å². The van der Waals surface area contributed by atoms with Crippen LogP contribution in [-0.4, -0.2) is 0 Å². The minimum atomic E-state index is -0.0626. The first-order valence-corrected chi connectivity index (χ1v) is 30.0. The standard InChI is InChI=1S/C72H88N2/c1-5-9-13-17-21-25-45-71(46-26-22-18-14-10-6-2)67-49-59(57-33-29-55(53-73)30-34-57)37-41-63(67)65-43-39-61(51-69(65)71)62-40-44-66-64-42-38-60(58-35-31-56(54-74)32-36-58)50-68(64)72(70(66)52-62,47-27-23-19-15-11-7-3)48-28-24-20-16-12-8-4/h29-44,49-52H,5-28,45-48H2,1-4H3. The maximum Gasteiger partial charge on any atom is 0.0991 e. The van der Waals surface area contributed by atoms with Gasteiger partial charge in [0.05, 0.1) is 23.3 Å². The first kappa shape index (κ1) is 54.6. The summed E-state index contributed by atoms with van der Waals surface area (Å²) >= 11 is 0. The fourth-order valence-electron chi connectivity index (χ4n) is 13.3. The van der Waals surface area contributed by atoms with Crippen LogP contribution in [-0.2, 0) is 10.8 Å². The van der Waals surface area contributed by atoms with Gasteiger partial charge in [-0.1, -0.05) is 255 Å². The number of hydrogen-bond donors (Lipinski definition) is 0. The number of rotatable bonds is 31. The molecule has 386 valence electrons. The molecule has 0 aromatic heterocycles. The highest BCUT2D eigenvalue weighted by Gasteiger charge is 2.44. The maximum atomic E-state index is 9.65. The Morgan fingerprint density at radius 2 is 0.486 bits per heavy atom. The number of benzene rings is 6. The van der Waals surface area contributed by atoms with Crippen LogP contribution in [0.2, 0.25) is 0 Å². The normalized spacial score (nSPS) is 13.5. The molecule has 2 heteroatoms. The van der Waals surface area contributed by atoms with E-state index in [4.69, 9.17) is 0 Å². The zero-order valence-corrected chi connectivity index (χ0v) is 46.2. The lowest BCUT2D eigenvalue weighted by molar-refractivity contribution is 0.397. The SMILES string of the molecule is CCCCCCCCC1(CCCCCCCC)c2cc(-c3ccc(C#N)cc3)ccc2-c2ccc(-c3ccc4c(c3)C(CCCCCCCC)(CCCCCCCC)c3cc(-c5ccc(C#N)cc5)ccc3-4)cc21. The van der Waals surface area contributed by atoms with Gasteiger partial charge in [0.1, 0.15) is 0 Å². The molecular formula is C72H88N2. The van der Waals surface area contributed by atoms with Gasteiger partial charge in [0, 0.05) is 10.8 Å². The van der Waals surface area contributed by atoms with Gasteiger partial charge < -0.3 is 0 Å². The van der Waals surface area contributed by atoms with Crippen LogP contribution in [0.25, 0.3) is 55.6 Å². The van der Waals surface area contributed by atoms with Crippen molar-refractivity contribution >= 4 is 0 Å². The second-order valence-corrected chi connectivity index (χ2v) is 22.7. The van der Waals surface area contributed by atoms with Gasteiger partial charge in [0.25, 0.3) is 0 Å². The third kappa shape index (κ3) is 12.5. The highest BCUT2D eigenvalue weighted by molar-refractivity contribution is 5.89. The van der Waals surface area contributed by atoms with Crippen LogP contribution >= 0.6 is 0 Å². The van der Waals surface area contributed by atoms with Crippen molar-refractivity contribution in [3.63, 3.8) is 0 Å². The minimum Gasteiger partial charge on any atom is -0.192 e. The summed E-state index contributed by atoms with van der Waals surface area (Å²) in [5.41, 5.74) is 20.7. The largest absolute Gasteiger partial charge is 0.192 e. The predicted octanol–water partition coefficient (Wildman–Crippen LogP) is 22.0. The van der Waals surface area contributed by atoms with Crippen LogP contribution in [0.5, 0.6) is 0 Å². The molecule has 0 heterocycles. The molecule has 0 radical (unpaired) electrons. The van der Waals surface area contributed by atoms with Crippen molar-refractivity contribution in [1.82, 2.24) is 0 Å². The molecule has 2 nitrogen and oxygen atoms in total. The number of nitriles is 2. The maximum absolute atomic E-state index is 9.65. The molecule has 2 aliphatic rings. The zero-order valence-electron chi connectivity index (χ0n) is 46.2. The quantitative estimate of drug-likeness (QED) is 0.0408. The summed E-state index contributed by atoms with van der Waals surface area (Å²) in [7, 11) is 0. The highest BCUT2D eigenvalue weighted by atomic mass is 14.5. The Kier molecular flexibility index (Phi) is 20.0. The minimum absolute atomic E-state index is 0.0626. The molecule has 0 saturated carbocycles. The second-order valence-electron chi connectivity index (χ2n) is 22.7. The van der Waals surface area contributed by atoms with Gasteiger partial charge in [-0.15, -0.1) is 0 Å². The molecule has 8 rings (SSSR count). The van der Waals surface area contributed by atoms with Crippen molar-refractivity contribution < 1.29 is 0 Å². The van der Waals surface area contributed by atoms with E-state index in [-0.39, 0.29) is 10.8 Å². The van der Waals surface area contributed by atoms with E-state index in [0.29, 0.717) is 11.1 Å². The predicted molar refractivity (Wildman–Crippen MR) is 317 cm³/mol. The fraction of sp³-hybridized carbons (Fsp3) is 0.472. The Balaban J connectivity index is 1.24. The van der Waals surface area contributed by atoms with Gasteiger partial charge in [-0.25, -0.2) is 0 Å². The lowest BCUT2D eigenvalue weighted by atomic mass is 9.69. The summed E-state index contributed by atoms with van der Waals surface area (Å²) in [6.45, 7) is 9.30. The van der Waals surface area contributed by atoms with Crippen molar-refractivity contribution in [3.8, 4) is 67.8 Å². The fourth-order valence-corrected chi connectivity index (χ4v) is 13.3. The third-order valence-electron chi connectivity index (χ3n) is 17.6. The lowest BCUT2D eigenvalue weighted by Crippen LogP contribution is -2.26. The van der Waals surface area contributed by atoms with Crippen molar-refractivity contribution in [3.05, 3.63) is 155 Å². The molecule has 74 heavy (non-hydrogen) atoms. The molecule has 0 unspecified atom stereocenters. The van der Waals surface area contributed by atoms with E-state index in [0.717, 1.165) is 0 Å². The Labute approximate surface area is 449 Å². The van der Waals surface area contributed by atoms with E-state index in [1.54, 1.807) is 11.1 Å². The molecule has 0 N–H and O–H groups in total. The Hall–Kier alpha value is -5.70. The first-order chi connectivity index (χ1) is 36.4. The average molecular weight is 982 g/mol. The molecule has 0 aliphatic heterocycles. The van der Waals surface area contributed by atoms with Gasteiger partial charge in [-0.3, -0.25) is 0 Å². The van der Waals surface area contributed by atoms with Crippen LogP contribution in [0.15, 0.2) is 121 Å². The molecule has 0 fully saturated rings. The molecule has 0 bridgehead atoms. The van der Waals surface area contributed by atoms with Crippen LogP contribution in [0.3, 0.4) is 0 Å². The van der Waals surface area contributed by atoms with Gasteiger partial charge in [0.2, 0.25) is 0 Å². The van der Waals surface area contributed by atoms with Gasteiger partial charge >= 0.3 is 0 Å². The third-order valence-corrected chi connectivity index (χ3v) is 17.6. The summed E-state index contributed by atoms with van der Waals surface area (Å²) in [4.78, 5) is 0. The monoisotopic (exact) mass is 981 g/mol. The van der Waals surface area contributed by atoms with Gasteiger partial charge in [-0.05, 0) is 152 Å². The molecule has 6 aromatic rings. The molecule has 0 amide bonds. The van der Waals surface area contributed by atoms with E-state index >= 15 is 0 Å². The van der Waals surface area contributed by atoms with Crippen molar-refractivity contribution in [2.45, 2.75) is 218 Å². The van der Waals surface area contributed by atoms with E-state index in [1.807, 2.05) is 24.3 Å². The molecule has 0 spiro atoms. The smallest absolute Gasteiger partial charge is 0.0991 e. The second kappa shape index (κ2) is 27.2. The Morgan fingerprint density at radius 3 is 0.730 bits per heavy atom. The van der Waals surface area contributed by atoms with E-state index in [9.17, 15) is 10.5 Å². The Morgan fingerprint density at radius 1 is 0.270 bits per heavy atom. The molecule has 2 aliphatic carbocycles. The molecule has 0 atom stereocenters. The number of fused-ring (bicyclic) bond motifs is 6. The van der Waals surface area contributed by atoms with E-state index < -0.39 is 0 Å². The van der Waals surface area contributed by atoms with Crippen LogP contribution in [0.1, 0.15) is 241 Å². The van der Waals surface area contributed by atoms with Crippen molar-refractivity contribution in [1.29, 1.82) is 10.5 Å². The average Bonchev–Trinajstić information content (AvgIpc) is 3.87. The molecular weight excluding hydrogens is 893 g/mol.